The molecule has 2 aromatic rings. The van der Waals surface area contributed by atoms with E-state index in [1.54, 1.807) is 23.1 Å². The second-order valence-corrected chi connectivity index (χ2v) is 8.63. The average Bonchev–Trinajstić information content (AvgIpc) is 2.77. The normalized spacial score (nSPS) is 19.3. The highest BCUT2D eigenvalue weighted by molar-refractivity contribution is 5.70. The molecule has 1 aliphatic heterocycles. The summed E-state index contributed by atoms with van der Waals surface area (Å²) in [6.45, 7) is 1.62. The number of benzene rings is 2. The van der Waals surface area contributed by atoms with Crippen molar-refractivity contribution in [2.75, 3.05) is 13.1 Å². The third-order valence-corrected chi connectivity index (χ3v) is 5.96. The van der Waals surface area contributed by atoms with Gasteiger partial charge in [0.15, 0.2) is 0 Å². The van der Waals surface area contributed by atoms with Gasteiger partial charge in [-0.2, -0.15) is 26.3 Å². The van der Waals surface area contributed by atoms with Gasteiger partial charge in [0.2, 0.25) is 0 Å². The smallest absolute Gasteiger partial charge is 0.416 e. The summed E-state index contributed by atoms with van der Waals surface area (Å²) in [5.74, 6) is -1.87. The van der Waals surface area contributed by atoms with Crippen LogP contribution in [0.15, 0.2) is 42.5 Å². The standard InChI is InChI=1S/C24H25F6NO4/c1-14(22(33)34)21(32)15-4-2-5-18(11-15)35-19-6-3-9-31(13-19)12-16-10-17(23(25,26)27)7-8-20(16)24(28,29)30/h2,4-5,7-8,10-11,14,19,21,32H,3,6,9,12-13H2,1H3,(H,33,34)/t14-,19-,21+/m0/s1. The number of hydrogen-bond acceptors (Lipinski definition) is 4. The van der Waals surface area contributed by atoms with Crippen LogP contribution in [-0.2, 0) is 23.7 Å². The van der Waals surface area contributed by atoms with Gasteiger partial charge in [0.05, 0.1) is 23.1 Å². The van der Waals surface area contributed by atoms with Crippen LogP contribution < -0.4 is 4.74 Å². The molecule has 35 heavy (non-hydrogen) atoms. The van der Waals surface area contributed by atoms with E-state index in [1.807, 2.05) is 0 Å². The quantitative estimate of drug-likeness (QED) is 0.485. The van der Waals surface area contributed by atoms with Crippen LogP contribution in [-0.4, -0.2) is 40.3 Å². The Morgan fingerprint density at radius 3 is 2.46 bits per heavy atom. The highest BCUT2D eigenvalue weighted by Gasteiger charge is 2.37. The number of aliphatic hydroxyl groups is 1. The lowest BCUT2D eigenvalue weighted by Gasteiger charge is -2.33. The Morgan fingerprint density at radius 2 is 1.83 bits per heavy atom. The zero-order valence-corrected chi connectivity index (χ0v) is 18.7. The van der Waals surface area contributed by atoms with Crippen LogP contribution in [0.4, 0.5) is 26.3 Å². The van der Waals surface area contributed by atoms with Crippen molar-refractivity contribution in [1.29, 1.82) is 0 Å². The Balaban J connectivity index is 1.74. The predicted octanol–water partition coefficient (Wildman–Crippen LogP) is 5.52. The summed E-state index contributed by atoms with van der Waals surface area (Å²) in [4.78, 5) is 12.7. The molecule has 0 aromatic heterocycles. The van der Waals surface area contributed by atoms with Gasteiger partial charge < -0.3 is 14.9 Å². The van der Waals surface area contributed by atoms with Crippen LogP contribution in [0.1, 0.15) is 48.1 Å². The Morgan fingerprint density at radius 1 is 1.11 bits per heavy atom. The number of carboxylic acids is 1. The molecule has 1 saturated heterocycles. The van der Waals surface area contributed by atoms with Crippen LogP contribution in [0.2, 0.25) is 0 Å². The molecule has 3 rings (SSSR count). The van der Waals surface area contributed by atoms with Crippen molar-refractivity contribution in [1.82, 2.24) is 4.90 Å². The van der Waals surface area contributed by atoms with Crippen LogP contribution in [0.5, 0.6) is 5.75 Å². The number of halogens is 6. The van der Waals surface area contributed by atoms with E-state index in [9.17, 15) is 36.2 Å². The van der Waals surface area contributed by atoms with E-state index in [0.29, 0.717) is 48.9 Å². The van der Waals surface area contributed by atoms with E-state index >= 15 is 0 Å². The minimum Gasteiger partial charge on any atom is -0.489 e. The molecule has 0 spiro atoms. The first-order valence-corrected chi connectivity index (χ1v) is 10.9. The molecule has 3 atom stereocenters. The first kappa shape index (κ1) is 26.8. The number of carbonyl (C=O) groups is 1. The third kappa shape index (κ3) is 6.88. The minimum atomic E-state index is -4.79. The predicted molar refractivity (Wildman–Crippen MR) is 114 cm³/mol. The molecule has 0 amide bonds. The summed E-state index contributed by atoms with van der Waals surface area (Å²) in [6.07, 6.45) is -10.1. The maximum atomic E-state index is 13.4. The molecule has 2 aromatic carbocycles. The largest absolute Gasteiger partial charge is 0.489 e. The summed E-state index contributed by atoms with van der Waals surface area (Å²) < 4.78 is 85.5. The minimum absolute atomic E-state index is 0.186. The Bertz CT molecular complexity index is 1040. The first-order chi connectivity index (χ1) is 16.3. The molecule has 2 N–H and O–H groups in total. The molecule has 1 fully saturated rings. The van der Waals surface area contributed by atoms with Crippen molar-refractivity contribution in [2.45, 2.75) is 50.9 Å². The number of nitrogens with zero attached hydrogens (tertiary/aromatic N) is 1. The van der Waals surface area contributed by atoms with Crippen molar-refractivity contribution in [3.05, 3.63) is 64.7 Å². The van der Waals surface area contributed by atoms with Gasteiger partial charge in [0.25, 0.3) is 0 Å². The van der Waals surface area contributed by atoms with Gasteiger partial charge in [0, 0.05) is 13.1 Å². The molecule has 0 unspecified atom stereocenters. The molecule has 11 heteroatoms. The van der Waals surface area contributed by atoms with E-state index in [4.69, 9.17) is 9.84 Å². The van der Waals surface area contributed by atoms with E-state index in [1.165, 1.54) is 13.0 Å². The zero-order chi connectivity index (χ0) is 26.0. The summed E-state index contributed by atoms with van der Waals surface area (Å²) in [7, 11) is 0. The number of ether oxygens (including phenoxy) is 1. The summed E-state index contributed by atoms with van der Waals surface area (Å²) in [5, 5.41) is 19.3. The fourth-order valence-corrected chi connectivity index (χ4v) is 4.06. The fraction of sp³-hybridized carbons (Fsp3) is 0.458. The maximum absolute atomic E-state index is 13.4. The average molecular weight is 505 g/mol. The Labute approximate surface area is 197 Å². The molecule has 0 aliphatic carbocycles. The monoisotopic (exact) mass is 505 g/mol. The lowest BCUT2D eigenvalue weighted by atomic mass is 9.97. The summed E-state index contributed by atoms with van der Waals surface area (Å²) >= 11 is 0. The van der Waals surface area contributed by atoms with Gasteiger partial charge >= 0.3 is 18.3 Å². The van der Waals surface area contributed by atoms with Gasteiger partial charge in [-0.1, -0.05) is 12.1 Å². The van der Waals surface area contributed by atoms with Crippen molar-refractivity contribution in [3.63, 3.8) is 0 Å². The van der Waals surface area contributed by atoms with Crippen LogP contribution in [0, 0.1) is 5.92 Å². The number of aliphatic hydroxyl groups excluding tert-OH is 1. The molecule has 0 radical (unpaired) electrons. The van der Waals surface area contributed by atoms with Crippen LogP contribution in [0.3, 0.4) is 0 Å². The van der Waals surface area contributed by atoms with Gasteiger partial charge in [-0.15, -0.1) is 0 Å². The van der Waals surface area contributed by atoms with E-state index in [2.05, 4.69) is 0 Å². The number of rotatable bonds is 7. The Kier molecular flexibility index (Phi) is 8.00. The summed E-state index contributed by atoms with van der Waals surface area (Å²) in [5.41, 5.74) is -2.37. The van der Waals surface area contributed by atoms with Crippen molar-refractivity contribution in [2.24, 2.45) is 5.92 Å². The number of alkyl halides is 6. The second kappa shape index (κ2) is 10.4. The SMILES string of the molecule is C[C@H](C(=O)O)[C@@H](O)c1cccc(O[C@H]2CCCN(Cc3cc(C(F)(F)F)ccc3C(F)(F)F)C2)c1. The maximum Gasteiger partial charge on any atom is 0.416 e. The summed E-state index contributed by atoms with van der Waals surface area (Å²) in [6, 6.07) is 7.68. The molecule has 5 nitrogen and oxygen atoms in total. The third-order valence-electron chi connectivity index (χ3n) is 5.96. The molecule has 0 bridgehead atoms. The van der Waals surface area contributed by atoms with Crippen molar-refractivity contribution in [3.8, 4) is 5.75 Å². The number of likely N-dealkylation sites (tertiary alicyclic amines) is 1. The highest BCUT2D eigenvalue weighted by atomic mass is 19.4. The van der Waals surface area contributed by atoms with Crippen molar-refractivity contribution < 1.29 is 46.1 Å². The lowest BCUT2D eigenvalue weighted by Crippen LogP contribution is -2.41. The number of hydrogen-bond donors (Lipinski definition) is 2. The Hall–Kier alpha value is -2.79. The molecule has 192 valence electrons. The number of aliphatic carboxylic acids is 1. The van der Waals surface area contributed by atoms with Crippen molar-refractivity contribution >= 4 is 5.97 Å². The molecule has 1 aliphatic rings. The highest BCUT2D eigenvalue weighted by Crippen LogP contribution is 2.37. The molecule has 0 saturated carbocycles. The number of carboxylic acid groups (broad SMARTS) is 1. The van der Waals surface area contributed by atoms with Crippen LogP contribution in [0.25, 0.3) is 0 Å². The molecular weight excluding hydrogens is 480 g/mol. The van der Waals surface area contributed by atoms with Gasteiger partial charge in [-0.25, -0.2) is 0 Å². The van der Waals surface area contributed by atoms with Crippen LogP contribution >= 0.6 is 0 Å². The second-order valence-electron chi connectivity index (χ2n) is 8.63. The van der Waals surface area contributed by atoms with E-state index in [-0.39, 0.29) is 13.1 Å². The van der Waals surface area contributed by atoms with Gasteiger partial charge in [-0.05, 0) is 67.8 Å². The van der Waals surface area contributed by atoms with E-state index < -0.39 is 53.1 Å². The van der Waals surface area contributed by atoms with Gasteiger partial charge in [0.1, 0.15) is 11.9 Å². The lowest BCUT2D eigenvalue weighted by molar-refractivity contribution is -0.145. The molecule has 1 heterocycles. The van der Waals surface area contributed by atoms with E-state index in [0.717, 1.165) is 0 Å². The first-order valence-electron chi connectivity index (χ1n) is 10.9. The molecular formula is C24H25F6NO4. The zero-order valence-electron chi connectivity index (χ0n) is 18.7. The number of piperidine rings is 1. The topological polar surface area (TPSA) is 70.0 Å². The fourth-order valence-electron chi connectivity index (χ4n) is 4.06. The van der Waals surface area contributed by atoms with Gasteiger partial charge in [-0.3, -0.25) is 9.69 Å².